The van der Waals surface area contributed by atoms with Gasteiger partial charge in [0.2, 0.25) is 0 Å². The molecular formula is C13H18N4O2. The van der Waals surface area contributed by atoms with Crippen LogP contribution in [0.5, 0.6) is 0 Å². The van der Waals surface area contributed by atoms with Crippen LogP contribution in [0.25, 0.3) is 0 Å². The van der Waals surface area contributed by atoms with Crippen LogP contribution < -0.4 is 11.1 Å². The van der Waals surface area contributed by atoms with Gasteiger partial charge in [0.05, 0.1) is 12.2 Å². The molecule has 0 radical (unpaired) electrons. The highest BCUT2D eigenvalue weighted by atomic mass is 16.4. The zero-order valence-electron chi connectivity index (χ0n) is 11.4. The fourth-order valence-electron chi connectivity index (χ4n) is 1.94. The van der Waals surface area contributed by atoms with E-state index in [1.54, 1.807) is 16.8 Å². The van der Waals surface area contributed by atoms with Crippen LogP contribution in [0, 0.1) is 13.8 Å². The summed E-state index contributed by atoms with van der Waals surface area (Å²) in [5.74, 6) is 0.626. The van der Waals surface area contributed by atoms with E-state index in [0.717, 1.165) is 17.0 Å². The SMILES string of the molecule is Cc1nn(C)c(C)c1CNC(=O)c1ccc(CN)o1. The summed E-state index contributed by atoms with van der Waals surface area (Å²) in [6.07, 6.45) is 0. The maximum atomic E-state index is 11.9. The quantitative estimate of drug-likeness (QED) is 0.861. The first-order valence-corrected chi connectivity index (χ1v) is 6.09. The topological polar surface area (TPSA) is 86.1 Å². The van der Waals surface area contributed by atoms with E-state index in [0.29, 0.717) is 12.3 Å². The van der Waals surface area contributed by atoms with Gasteiger partial charge in [-0.15, -0.1) is 0 Å². The van der Waals surface area contributed by atoms with Crippen LogP contribution in [-0.2, 0) is 20.1 Å². The Hall–Kier alpha value is -2.08. The number of carbonyl (C=O) groups is 1. The highest BCUT2D eigenvalue weighted by Crippen LogP contribution is 2.12. The zero-order valence-corrected chi connectivity index (χ0v) is 11.4. The van der Waals surface area contributed by atoms with Gasteiger partial charge in [0, 0.05) is 24.8 Å². The Balaban J connectivity index is 2.04. The number of rotatable bonds is 4. The fraction of sp³-hybridized carbons (Fsp3) is 0.385. The first kappa shape index (κ1) is 13.4. The molecule has 0 aliphatic heterocycles. The molecule has 0 saturated carbocycles. The molecular weight excluding hydrogens is 244 g/mol. The average molecular weight is 262 g/mol. The monoisotopic (exact) mass is 262 g/mol. The van der Waals surface area contributed by atoms with Crippen molar-refractivity contribution in [3.8, 4) is 0 Å². The van der Waals surface area contributed by atoms with Gasteiger partial charge in [-0.2, -0.15) is 5.10 Å². The Morgan fingerprint density at radius 2 is 2.21 bits per heavy atom. The van der Waals surface area contributed by atoms with Crippen molar-refractivity contribution in [3.05, 3.63) is 40.6 Å². The second-order valence-electron chi connectivity index (χ2n) is 4.43. The summed E-state index contributed by atoms with van der Waals surface area (Å²) in [6.45, 7) is 4.62. The summed E-state index contributed by atoms with van der Waals surface area (Å²) in [7, 11) is 1.88. The number of nitrogens with one attached hydrogen (secondary N) is 1. The lowest BCUT2D eigenvalue weighted by Gasteiger charge is -2.04. The van der Waals surface area contributed by atoms with Gasteiger partial charge in [0.25, 0.3) is 5.91 Å². The van der Waals surface area contributed by atoms with Crippen molar-refractivity contribution >= 4 is 5.91 Å². The van der Waals surface area contributed by atoms with Crippen LogP contribution >= 0.6 is 0 Å². The average Bonchev–Trinajstić information content (AvgIpc) is 2.94. The highest BCUT2D eigenvalue weighted by Gasteiger charge is 2.13. The predicted molar refractivity (Wildman–Crippen MR) is 70.5 cm³/mol. The molecule has 2 rings (SSSR count). The van der Waals surface area contributed by atoms with E-state index < -0.39 is 0 Å². The molecule has 0 aliphatic rings. The standard InChI is InChI=1S/C13H18N4O2/c1-8-11(9(2)17(3)16-8)7-15-13(18)12-5-4-10(6-14)19-12/h4-5H,6-7,14H2,1-3H3,(H,15,18). The second-order valence-corrected chi connectivity index (χ2v) is 4.43. The van der Waals surface area contributed by atoms with Gasteiger partial charge < -0.3 is 15.5 Å². The van der Waals surface area contributed by atoms with E-state index in [2.05, 4.69) is 10.4 Å². The molecule has 2 aromatic rings. The third-order valence-electron chi connectivity index (χ3n) is 3.17. The van der Waals surface area contributed by atoms with Gasteiger partial charge in [-0.25, -0.2) is 0 Å². The largest absolute Gasteiger partial charge is 0.455 e. The minimum Gasteiger partial charge on any atom is -0.455 e. The molecule has 19 heavy (non-hydrogen) atoms. The second kappa shape index (κ2) is 5.27. The summed E-state index contributed by atoms with van der Waals surface area (Å²) in [5.41, 5.74) is 8.42. The maximum absolute atomic E-state index is 11.9. The van der Waals surface area contributed by atoms with E-state index in [1.165, 1.54) is 0 Å². The summed E-state index contributed by atoms with van der Waals surface area (Å²) < 4.78 is 7.09. The van der Waals surface area contributed by atoms with Gasteiger partial charge in [-0.3, -0.25) is 9.48 Å². The Kier molecular flexibility index (Phi) is 3.71. The zero-order chi connectivity index (χ0) is 14.0. The van der Waals surface area contributed by atoms with Crippen LogP contribution in [-0.4, -0.2) is 15.7 Å². The summed E-state index contributed by atoms with van der Waals surface area (Å²) in [6, 6.07) is 3.33. The number of nitrogens with two attached hydrogens (primary N) is 1. The van der Waals surface area contributed by atoms with Crippen molar-refractivity contribution in [3.63, 3.8) is 0 Å². The number of carbonyl (C=O) groups excluding carboxylic acids is 1. The Bertz CT molecular complexity index is 598. The van der Waals surface area contributed by atoms with Crippen molar-refractivity contribution in [1.29, 1.82) is 0 Å². The first-order chi connectivity index (χ1) is 9.02. The highest BCUT2D eigenvalue weighted by molar-refractivity contribution is 5.91. The van der Waals surface area contributed by atoms with Crippen molar-refractivity contribution in [2.24, 2.45) is 12.8 Å². The lowest BCUT2D eigenvalue weighted by molar-refractivity contribution is 0.0921. The first-order valence-electron chi connectivity index (χ1n) is 6.09. The number of amides is 1. The Morgan fingerprint density at radius 1 is 1.47 bits per heavy atom. The minimum absolute atomic E-state index is 0.248. The van der Waals surface area contributed by atoms with E-state index >= 15 is 0 Å². The molecule has 102 valence electrons. The summed E-state index contributed by atoms with van der Waals surface area (Å²) >= 11 is 0. The number of furan rings is 1. The van der Waals surface area contributed by atoms with Crippen molar-refractivity contribution in [2.75, 3.05) is 0 Å². The van der Waals surface area contributed by atoms with Gasteiger partial charge in [-0.1, -0.05) is 0 Å². The van der Waals surface area contributed by atoms with Gasteiger partial charge in [-0.05, 0) is 26.0 Å². The number of aromatic nitrogens is 2. The lowest BCUT2D eigenvalue weighted by atomic mass is 10.2. The number of hydrogen-bond donors (Lipinski definition) is 2. The molecule has 2 heterocycles. The molecule has 6 heteroatoms. The molecule has 0 aliphatic carbocycles. The third-order valence-corrected chi connectivity index (χ3v) is 3.17. The molecule has 1 amide bonds. The molecule has 0 aromatic carbocycles. The van der Waals surface area contributed by atoms with Gasteiger partial charge in [0.15, 0.2) is 5.76 Å². The van der Waals surface area contributed by atoms with Crippen LogP contribution in [0.4, 0.5) is 0 Å². The van der Waals surface area contributed by atoms with Gasteiger partial charge in [0.1, 0.15) is 5.76 Å². The predicted octanol–water partition coefficient (Wildman–Crippen LogP) is 1.02. The van der Waals surface area contributed by atoms with Crippen LogP contribution in [0.15, 0.2) is 16.5 Å². The molecule has 0 atom stereocenters. The Morgan fingerprint density at radius 3 is 2.74 bits per heavy atom. The molecule has 0 fully saturated rings. The van der Waals surface area contributed by atoms with Crippen molar-refractivity contribution in [1.82, 2.24) is 15.1 Å². The third kappa shape index (κ3) is 2.68. The fourth-order valence-corrected chi connectivity index (χ4v) is 1.94. The molecule has 0 saturated heterocycles. The molecule has 0 unspecified atom stereocenters. The summed E-state index contributed by atoms with van der Waals surface area (Å²) in [5, 5.41) is 7.12. The molecule has 0 spiro atoms. The molecule has 3 N–H and O–H groups in total. The van der Waals surface area contributed by atoms with Crippen LogP contribution in [0.3, 0.4) is 0 Å². The molecule has 2 aromatic heterocycles. The van der Waals surface area contributed by atoms with E-state index in [9.17, 15) is 4.79 Å². The minimum atomic E-state index is -0.248. The Labute approximate surface area is 111 Å². The van der Waals surface area contributed by atoms with E-state index in [1.807, 2.05) is 20.9 Å². The van der Waals surface area contributed by atoms with Gasteiger partial charge >= 0.3 is 0 Å². The van der Waals surface area contributed by atoms with Crippen LogP contribution in [0.1, 0.15) is 33.3 Å². The number of aryl methyl sites for hydroxylation is 2. The number of hydrogen-bond acceptors (Lipinski definition) is 4. The smallest absolute Gasteiger partial charge is 0.287 e. The summed E-state index contributed by atoms with van der Waals surface area (Å²) in [4.78, 5) is 11.9. The van der Waals surface area contributed by atoms with Crippen molar-refractivity contribution < 1.29 is 9.21 Å². The number of nitrogens with zero attached hydrogens (tertiary/aromatic N) is 2. The normalized spacial score (nSPS) is 10.7. The molecule has 6 nitrogen and oxygen atoms in total. The lowest BCUT2D eigenvalue weighted by Crippen LogP contribution is -2.23. The van der Waals surface area contributed by atoms with Crippen LogP contribution in [0.2, 0.25) is 0 Å². The van der Waals surface area contributed by atoms with E-state index in [4.69, 9.17) is 10.2 Å². The molecule has 0 bridgehead atoms. The maximum Gasteiger partial charge on any atom is 0.287 e. The van der Waals surface area contributed by atoms with Crippen molar-refractivity contribution in [2.45, 2.75) is 26.9 Å². The van der Waals surface area contributed by atoms with E-state index in [-0.39, 0.29) is 18.2 Å².